The Kier molecular flexibility index (Phi) is 6.32. The van der Waals surface area contributed by atoms with E-state index in [1.807, 2.05) is 42.2 Å². The molecular formula is C24H27FN4O2. The van der Waals surface area contributed by atoms with Crippen molar-refractivity contribution in [3.8, 4) is 5.75 Å². The van der Waals surface area contributed by atoms with Gasteiger partial charge in [0.15, 0.2) is 17.7 Å². The van der Waals surface area contributed by atoms with Crippen molar-refractivity contribution in [2.75, 3.05) is 26.2 Å². The minimum Gasteiger partial charge on any atom is -0.478 e. The first-order valence-electron chi connectivity index (χ1n) is 10.5. The number of para-hydroxylation sites is 1. The predicted molar refractivity (Wildman–Crippen MR) is 116 cm³/mol. The molecule has 1 saturated heterocycles. The third-order valence-electron chi connectivity index (χ3n) is 5.70. The molecule has 0 spiro atoms. The van der Waals surface area contributed by atoms with Gasteiger partial charge in [-0.25, -0.2) is 9.37 Å². The summed E-state index contributed by atoms with van der Waals surface area (Å²) in [4.78, 5) is 21.6. The standard InChI is InChI=1S/C24H27FN4O2/c1-18(31-21-11-7-6-10-20(21)25)24(30)29-16-14-28(15-17-29)22(19-8-4-3-5-9-19)23-26-12-13-27(23)2/h3-13,18,22H,14-17H2,1-2H3/t18-,22-/m1/s1. The quantitative estimate of drug-likeness (QED) is 0.612. The van der Waals surface area contributed by atoms with Crippen LogP contribution in [0.5, 0.6) is 5.75 Å². The molecule has 0 N–H and O–H groups in total. The first-order chi connectivity index (χ1) is 15.0. The SMILES string of the molecule is C[C@@H](Oc1ccccc1F)C(=O)N1CCN([C@H](c2ccccc2)c2nccn2C)CC1. The molecule has 1 aliphatic rings. The fourth-order valence-corrected chi connectivity index (χ4v) is 4.04. The van der Waals surface area contributed by atoms with Gasteiger partial charge in [0, 0.05) is 45.6 Å². The molecule has 162 valence electrons. The summed E-state index contributed by atoms with van der Waals surface area (Å²) in [5.74, 6) is 0.479. The molecule has 2 atom stereocenters. The predicted octanol–water partition coefficient (Wildman–Crippen LogP) is 3.26. The molecule has 0 unspecified atom stereocenters. The largest absolute Gasteiger partial charge is 0.478 e. The monoisotopic (exact) mass is 422 g/mol. The Morgan fingerprint density at radius 2 is 1.71 bits per heavy atom. The van der Waals surface area contributed by atoms with E-state index in [-0.39, 0.29) is 17.7 Å². The molecule has 3 aromatic rings. The van der Waals surface area contributed by atoms with Gasteiger partial charge in [0.05, 0.1) is 6.04 Å². The van der Waals surface area contributed by atoms with E-state index in [4.69, 9.17) is 4.74 Å². The number of hydrogen-bond donors (Lipinski definition) is 0. The van der Waals surface area contributed by atoms with Crippen molar-refractivity contribution in [3.05, 3.63) is 84.2 Å². The van der Waals surface area contributed by atoms with Gasteiger partial charge in [0.2, 0.25) is 0 Å². The van der Waals surface area contributed by atoms with Crippen LogP contribution in [0.2, 0.25) is 0 Å². The van der Waals surface area contributed by atoms with E-state index in [0.717, 1.165) is 5.82 Å². The summed E-state index contributed by atoms with van der Waals surface area (Å²) >= 11 is 0. The number of halogens is 1. The molecule has 31 heavy (non-hydrogen) atoms. The van der Waals surface area contributed by atoms with Gasteiger partial charge in [-0.2, -0.15) is 0 Å². The minimum absolute atomic E-state index is 0.0190. The Labute approximate surface area is 181 Å². The lowest BCUT2D eigenvalue weighted by molar-refractivity contribution is -0.140. The maximum Gasteiger partial charge on any atom is 0.263 e. The minimum atomic E-state index is -0.747. The molecule has 0 radical (unpaired) electrons. The highest BCUT2D eigenvalue weighted by Crippen LogP contribution is 2.28. The van der Waals surface area contributed by atoms with E-state index in [1.54, 1.807) is 24.0 Å². The average molecular weight is 423 g/mol. The van der Waals surface area contributed by atoms with Crippen LogP contribution in [0.15, 0.2) is 67.0 Å². The first-order valence-corrected chi connectivity index (χ1v) is 10.5. The number of carbonyl (C=O) groups excluding carboxylic acids is 1. The molecule has 2 heterocycles. The van der Waals surface area contributed by atoms with E-state index in [2.05, 4.69) is 22.0 Å². The topological polar surface area (TPSA) is 50.6 Å². The maximum atomic E-state index is 13.9. The second kappa shape index (κ2) is 9.31. The molecule has 0 aliphatic carbocycles. The first kappa shape index (κ1) is 21.1. The summed E-state index contributed by atoms with van der Waals surface area (Å²) in [6, 6.07) is 16.5. The van der Waals surface area contributed by atoms with Crippen LogP contribution in [-0.2, 0) is 11.8 Å². The number of benzene rings is 2. The van der Waals surface area contributed by atoms with Gasteiger partial charge >= 0.3 is 0 Å². The molecule has 0 saturated carbocycles. The van der Waals surface area contributed by atoms with Gasteiger partial charge in [-0.3, -0.25) is 9.69 Å². The van der Waals surface area contributed by atoms with Crippen LogP contribution in [0.25, 0.3) is 0 Å². The number of amides is 1. The van der Waals surface area contributed by atoms with E-state index < -0.39 is 11.9 Å². The zero-order chi connectivity index (χ0) is 21.8. The van der Waals surface area contributed by atoms with Crippen molar-refractivity contribution in [2.45, 2.75) is 19.1 Å². The van der Waals surface area contributed by atoms with Gasteiger partial charge < -0.3 is 14.2 Å². The summed E-state index contributed by atoms with van der Waals surface area (Å²) in [6.07, 6.45) is 3.02. The summed E-state index contributed by atoms with van der Waals surface area (Å²) in [5.41, 5.74) is 1.17. The maximum absolute atomic E-state index is 13.9. The normalized spacial score (nSPS) is 16.7. The van der Waals surface area contributed by atoms with E-state index in [1.165, 1.54) is 17.7 Å². The van der Waals surface area contributed by atoms with Crippen LogP contribution in [0.4, 0.5) is 4.39 Å². The fraction of sp³-hybridized carbons (Fsp3) is 0.333. The van der Waals surface area contributed by atoms with Crippen molar-refractivity contribution in [2.24, 2.45) is 7.05 Å². The van der Waals surface area contributed by atoms with Crippen LogP contribution < -0.4 is 4.74 Å². The third-order valence-corrected chi connectivity index (χ3v) is 5.70. The number of rotatable bonds is 6. The Hall–Kier alpha value is -3.19. The second-order valence-corrected chi connectivity index (χ2v) is 7.76. The number of imidazole rings is 1. The highest BCUT2D eigenvalue weighted by molar-refractivity contribution is 5.81. The van der Waals surface area contributed by atoms with E-state index >= 15 is 0 Å². The Balaban J connectivity index is 1.43. The smallest absolute Gasteiger partial charge is 0.263 e. The van der Waals surface area contributed by atoms with E-state index in [0.29, 0.717) is 26.2 Å². The zero-order valence-electron chi connectivity index (χ0n) is 17.8. The molecule has 0 bridgehead atoms. The van der Waals surface area contributed by atoms with Crippen LogP contribution >= 0.6 is 0 Å². The van der Waals surface area contributed by atoms with Crippen molar-refractivity contribution in [3.63, 3.8) is 0 Å². The molecule has 1 aromatic heterocycles. The van der Waals surface area contributed by atoms with Gasteiger partial charge in [-0.05, 0) is 24.6 Å². The molecule has 7 heteroatoms. The number of hydrogen-bond acceptors (Lipinski definition) is 4. The highest BCUT2D eigenvalue weighted by Gasteiger charge is 2.32. The summed E-state index contributed by atoms with van der Waals surface area (Å²) < 4.78 is 21.5. The third kappa shape index (κ3) is 4.61. The van der Waals surface area contributed by atoms with Crippen molar-refractivity contribution >= 4 is 5.91 Å². The number of nitrogens with zero attached hydrogens (tertiary/aromatic N) is 4. The van der Waals surface area contributed by atoms with Crippen molar-refractivity contribution < 1.29 is 13.9 Å². The highest BCUT2D eigenvalue weighted by atomic mass is 19.1. The molecular weight excluding hydrogens is 395 g/mol. The zero-order valence-corrected chi connectivity index (χ0v) is 17.8. The van der Waals surface area contributed by atoms with Crippen molar-refractivity contribution in [1.82, 2.24) is 19.4 Å². The summed E-state index contributed by atoms with van der Waals surface area (Å²) in [6.45, 7) is 4.26. The van der Waals surface area contributed by atoms with Gasteiger partial charge in [0.1, 0.15) is 5.82 Å². The van der Waals surface area contributed by atoms with Gasteiger partial charge in [-0.1, -0.05) is 42.5 Å². The van der Waals surface area contributed by atoms with Gasteiger partial charge in [-0.15, -0.1) is 0 Å². The molecule has 4 rings (SSSR count). The Bertz CT molecular complexity index is 1020. The van der Waals surface area contributed by atoms with Crippen LogP contribution in [0.3, 0.4) is 0 Å². The Morgan fingerprint density at radius 1 is 1.03 bits per heavy atom. The summed E-state index contributed by atoms with van der Waals surface area (Å²) in [7, 11) is 2.00. The van der Waals surface area contributed by atoms with Gasteiger partial charge in [0.25, 0.3) is 5.91 Å². The second-order valence-electron chi connectivity index (χ2n) is 7.76. The number of carbonyl (C=O) groups is 1. The molecule has 1 amide bonds. The Morgan fingerprint density at radius 3 is 2.35 bits per heavy atom. The van der Waals surface area contributed by atoms with Crippen molar-refractivity contribution in [1.29, 1.82) is 0 Å². The number of aromatic nitrogens is 2. The molecule has 1 fully saturated rings. The summed E-state index contributed by atoms with van der Waals surface area (Å²) in [5, 5.41) is 0. The lowest BCUT2D eigenvalue weighted by Crippen LogP contribution is -2.52. The van der Waals surface area contributed by atoms with Crippen LogP contribution in [-0.4, -0.2) is 57.5 Å². The number of ether oxygens (including phenoxy) is 1. The lowest BCUT2D eigenvalue weighted by Gasteiger charge is -2.39. The van der Waals surface area contributed by atoms with Crippen LogP contribution in [0, 0.1) is 5.82 Å². The molecule has 2 aromatic carbocycles. The fourth-order valence-electron chi connectivity index (χ4n) is 4.04. The average Bonchev–Trinajstić information content (AvgIpc) is 3.21. The van der Waals surface area contributed by atoms with Crippen LogP contribution in [0.1, 0.15) is 24.4 Å². The molecule has 1 aliphatic heterocycles. The number of piperazine rings is 1. The van der Waals surface area contributed by atoms with E-state index in [9.17, 15) is 9.18 Å². The lowest BCUT2D eigenvalue weighted by atomic mass is 10.0. The molecule has 6 nitrogen and oxygen atoms in total. The number of aryl methyl sites for hydroxylation is 1.